The predicted molar refractivity (Wildman–Crippen MR) is 95.9 cm³/mol. The van der Waals surface area contributed by atoms with Crippen LogP contribution in [0.5, 0.6) is 5.75 Å². The van der Waals surface area contributed by atoms with E-state index < -0.39 is 0 Å². The molecule has 0 unspecified atom stereocenters. The van der Waals surface area contributed by atoms with E-state index in [9.17, 15) is 4.79 Å². The van der Waals surface area contributed by atoms with Crippen LogP contribution in [0.3, 0.4) is 0 Å². The molecule has 0 saturated carbocycles. The van der Waals surface area contributed by atoms with Gasteiger partial charge in [0, 0.05) is 17.0 Å². The van der Waals surface area contributed by atoms with Crippen molar-refractivity contribution >= 4 is 22.4 Å². The Kier molecular flexibility index (Phi) is 4.87. The first-order valence-corrected chi connectivity index (χ1v) is 8.86. The van der Waals surface area contributed by atoms with Crippen LogP contribution in [-0.4, -0.2) is 30.7 Å². The van der Waals surface area contributed by atoms with E-state index in [1.807, 2.05) is 26.8 Å². The van der Waals surface area contributed by atoms with E-state index in [2.05, 4.69) is 16.4 Å². The first kappa shape index (κ1) is 16.9. The second-order valence-corrected chi connectivity index (χ2v) is 7.25. The number of carbonyl (C=O) groups is 1. The van der Waals surface area contributed by atoms with E-state index in [0.717, 1.165) is 45.9 Å². The van der Waals surface area contributed by atoms with Gasteiger partial charge in [-0.05, 0) is 56.9 Å². The lowest BCUT2D eigenvalue weighted by molar-refractivity contribution is -0.124. The summed E-state index contributed by atoms with van der Waals surface area (Å²) in [6, 6.07) is 4.11. The van der Waals surface area contributed by atoms with Gasteiger partial charge in [-0.3, -0.25) is 10.1 Å². The minimum atomic E-state index is -0.345. The molecule has 1 aliphatic rings. The average Bonchev–Trinajstić information content (AvgIpc) is 3.19. The van der Waals surface area contributed by atoms with Gasteiger partial charge in [-0.2, -0.15) is 0 Å². The average molecular weight is 346 g/mol. The van der Waals surface area contributed by atoms with Gasteiger partial charge in [0.1, 0.15) is 11.9 Å². The van der Waals surface area contributed by atoms with Crippen LogP contribution in [0.2, 0.25) is 0 Å². The number of anilines is 1. The van der Waals surface area contributed by atoms with Crippen molar-refractivity contribution in [1.82, 2.24) is 4.98 Å². The van der Waals surface area contributed by atoms with Crippen molar-refractivity contribution in [2.45, 2.75) is 39.7 Å². The van der Waals surface area contributed by atoms with E-state index >= 15 is 0 Å². The quantitative estimate of drug-likeness (QED) is 0.913. The number of nitrogens with one attached hydrogen (secondary N) is 1. The maximum Gasteiger partial charge on any atom is 0.255 e. The summed E-state index contributed by atoms with van der Waals surface area (Å²) in [5, 5.41) is 3.51. The number of ether oxygens (including phenoxy) is 2. The van der Waals surface area contributed by atoms with Crippen molar-refractivity contribution in [3.63, 3.8) is 0 Å². The van der Waals surface area contributed by atoms with Crippen molar-refractivity contribution < 1.29 is 14.3 Å². The summed E-state index contributed by atoms with van der Waals surface area (Å²) in [6.07, 6.45) is 1.37. The van der Waals surface area contributed by atoms with Gasteiger partial charge in [0.2, 0.25) is 0 Å². The Labute approximate surface area is 146 Å². The summed E-state index contributed by atoms with van der Waals surface area (Å²) in [6.45, 7) is 6.74. The zero-order valence-electron chi connectivity index (χ0n) is 14.4. The van der Waals surface area contributed by atoms with Crippen molar-refractivity contribution in [3.05, 3.63) is 28.1 Å². The van der Waals surface area contributed by atoms with E-state index in [0.29, 0.717) is 11.7 Å². The molecule has 2 aromatic rings. The molecule has 1 fully saturated rings. The van der Waals surface area contributed by atoms with E-state index in [1.54, 1.807) is 7.11 Å². The minimum Gasteiger partial charge on any atom is -0.496 e. The number of hydrogen-bond acceptors (Lipinski definition) is 5. The maximum absolute atomic E-state index is 12.2. The van der Waals surface area contributed by atoms with E-state index in [4.69, 9.17) is 9.47 Å². The molecule has 1 N–H and O–H groups in total. The molecule has 1 atom stereocenters. The summed E-state index contributed by atoms with van der Waals surface area (Å²) in [4.78, 5) is 17.9. The molecular weight excluding hydrogens is 324 g/mol. The topological polar surface area (TPSA) is 60.5 Å². The zero-order chi connectivity index (χ0) is 17.3. The summed E-state index contributed by atoms with van der Waals surface area (Å²) in [7, 11) is 1.67. The molecule has 1 aromatic heterocycles. The van der Waals surface area contributed by atoms with Crippen LogP contribution in [0.1, 0.15) is 28.8 Å². The number of aryl methyl sites for hydroxylation is 3. The van der Waals surface area contributed by atoms with Crippen LogP contribution in [0, 0.1) is 20.8 Å². The number of hydrogen-bond donors (Lipinski definition) is 1. The Morgan fingerprint density at radius 1 is 1.33 bits per heavy atom. The van der Waals surface area contributed by atoms with Gasteiger partial charge < -0.3 is 9.47 Å². The van der Waals surface area contributed by atoms with Crippen molar-refractivity contribution in [2.24, 2.45) is 0 Å². The zero-order valence-corrected chi connectivity index (χ0v) is 15.3. The molecule has 0 spiro atoms. The number of amides is 1. The first-order chi connectivity index (χ1) is 11.5. The number of thiazole rings is 1. The SMILES string of the molecule is COc1cc(C)c(-c2nc(NC(=O)[C@H]3CCCO3)sc2C)cc1C. The second kappa shape index (κ2) is 6.91. The molecule has 2 heterocycles. The molecule has 1 saturated heterocycles. The number of rotatable bonds is 4. The molecule has 128 valence electrons. The van der Waals surface area contributed by atoms with Gasteiger partial charge in [0.15, 0.2) is 5.13 Å². The summed E-state index contributed by atoms with van der Waals surface area (Å²) in [5.41, 5.74) is 4.14. The Morgan fingerprint density at radius 3 is 2.79 bits per heavy atom. The third-order valence-corrected chi connectivity index (χ3v) is 5.13. The minimum absolute atomic E-state index is 0.101. The van der Waals surface area contributed by atoms with Crippen molar-refractivity contribution in [2.75, 3.05) is 19.0 Å². The normalized spacial score (nSPS) is 17.1. The highest BCUT2D eigenvalue weighted by atomic mass is 32.1. The first-order valence-electron chi connectivity index (χ1n) is 8.05. The van der Waals surface area contributed by atoms with Crippen LogP contribution in [0.15, 0.2) is 12.1 Å². The maximum atomic E-state index is 12.2. The smallest absolute Gasteiger partial charge is 0.255 e. The van der Waals surface area contributed by atoms with E-state index in [1.165, 1.54) is 11.3 Å². The number of nitrogens with zero attached hydrogens (tertiary/aromatic N) is 1. The van der Waals surface area contributed by atoms with Gasteiger partial charge in [0.05, 0.1) is 12.8 Å². The van der Waals surface area contributed by atoms with Crippen LogP contribution < -0.4 is 10.1 Å². The van der Waals surface area contributed by atoms with Crippen molar-refractivity contribution in [3.8, 4) is 17.0 Å². The van der Waals surface area contributed by atoms with Crippen molar-refractivity contribution in [1.29, 1.82) is 0 Å². The molecular formula is C18H22N2O3S. The van der Waals surface area contributed by atoms with Crippen LogP contribution in [0.25, 0.3) is 11.3 Å². The van der Waals surface area contributed by atoms with Crippen LogP contribution >= 0.6 is 11.3 Å². The van der Waals surface area contributed by atoms with E-state index in [-0.39, 0.29) is 12.0 Å². The molecule has 1 aromatic carbocycles. The Morgan fingerprint density at radius 2 is 2.12 bits per heavy atom. The lowest BCUT2D eigenvalue weighted by Crippen LogP contribution is -2.26. The van der Waals surface area contributed by atoms with Crippen LogP contribution in [-0.2, 0) is 9.53 Å². The van der Waals surface area contributed by atoms with Crippen LogP contribution in [0.4, 0.5) is 5.13 Å². The Hall–Kier alpha value is -1.92. The molecule has 24 heavy (non-hydrogen) atoms. The van der Waals surface area contributed by atoms with Gasteiger partial charge in [-0.15, -0.1) is 11.3 Å². The lowest BCUT2D eigenvalue weighted by atomic mass is 10.0. The highest BCUT2D eigenvalue weighted by molar-refractivity contribution is 7.16. The fraction of sp³-hybridized carbons (Fsp3) is 0.444. The second-order valence-electron chi connectivity index (χ2n) is 6.05. The highest BCUT2D eigenvalue weighted by Crippen LogP contribution is 2.35. The predicted octanol–water partition coefficient (Wildman–Crippen LogP) is 3.86. The third-order valence-electron chi connectivity index (χ3n) is 4.25. The summed E-state index contributed by atoms with van der Waals surface area (Å²) < 4.78 is 10.8. The Bertz CT molecular complexity index is 764. The van der Waals surface area contributed by atoms with Gasteiger partial charge >= 0.3 is 0 Å². The van der Waals surface area contributed by atoms with Gasteiger partial charge in [-0.25, -0.2) is 4.98 Å². The number of aromatic nitrogens is 1. The molecule has 6 heteroatoms. The monoisotopic (exact) mass is 346 g/mol. The van der Waals surface area contributed by atoms with Gasteiger partial charge in [-0.1, -0.05) is 0 Å². The summed E-state index contributed by atoms with van der Waals surface area (Å²) >= 11 is 1.49. The fourth-order valence-corrected chi connectivity index (χ4v) is 3.77. The standard InChI is InChI=1S/C18H22N2O3S/c1-10-9-15(22-4)11(2)8-13(10)16-12(3)24-18(19-16)20-17(21)14-6-5-7-23-14/h8-9,14H,5-7H2,1-4H3,(H,19,20,21)/t14-/m1/s1. The Balaban J connectivity index is 1.86. The molecule has 0 aliphatic carbocycles. The lowest BCUT2D eigenvalue weighted by Gasteiger charge is -2.10. The molecule has 0 radical (unpaired) electrons. The number of benzene rings is 1. The molecule has 1 amide bonds. The molecule has 1 aliphatic heterocycles. The highest BCUT2D eigenvalue weighted by Gasteiger charge is 2.25. The molecule has 3 rings (SSSR count). The summed E-state index contributed by atoms with van der Waals surface area (Å²) in [5.74, 6) is 0.770. The molecule has 5 nitrogen and oxygen atoms in total. The number of methoxy groups -OCH3 is 1. The fourth-order valence-electron chi connectivity index (χ4n) is 2.93. The largest absolute Gasteiger partial charge is 0.496 e. The molecule has 0 bridgehead atoms. The third kappa shape index (κ3) is 3.30. The number of carbonyl (C=O) groups excluding carboxylic acids is 1. The van der Waals surface area contributed by atoms with Gasteiger partial charge in [0.25, 0.3) is 5.91 Å².